The predicted octanol–water partition coefficient (Wildman–Crippen LogP) is 3.41. The van der Waals surface area contributed by atoms with Gasteiger partial charge in [0.15, 0.2) is 5.96 Å². The normalized spacial score (nSPS) is 20.8. The van der Waals surface area contributed by atoms with Gasteiger partial charge in [0.05, 0.1) is 0 Å². The summed E-state index contributed by atoms with van der Waals surface area (Å²) in [5.41, 5.74) is 1.15. The van der Waals surface area contributed by atoms with Crippen molar-refractivity contribution in [3.63, 3.8) is 0 Å². The summed E-state index contributed by atoms with van der Waals surface area (Å²) in [7, 11) is 1.77. The number of amides is 1. The van der Waals surface area contributed by atoms with E-state index in [0.29, 0.717) is 12.5 Å². The Morgan fingerprint density at radius 1 is 1.23 bits per heavy atom. The molecule has 0 aromatic heterocycles. The number of aliphatic imine (C=N–C) groups is 1. The van der Waals surface area contributed by atoms with Crippen LogP contribution in [0.3, 0.4) is 0 Å². The van der Waals surface area contributed by atoms with Crippen molar-refractivity contribution in [2.45, 2.75) is 44.7 Å². The van der Waals surface area contributed by atoms with Crippen LogP contribution < -0.4 is 10.6 Å². The average molecular weight is 491 g/mol. The summed E-state index contributed by atoms with van der Waals surface area (Å²) in [4.78, 5) is 18.9. The van der Waals surface area contributed by atoms with Crippen LogP contribution in [0.15, 0.2) is 29.3 Å². The van der Waals surface area contributed by atoms with E-state index in [4.69, 9.17) is 11.6 Å². The average Bonchev–Trinajstić information content (AvgIpc) is 3.31. The van der Waals surface area contributed by atoms with Crippen LogP contribution in [-0.2, 0) is 11.3 Å². The second kappa shape index (κ2) is 10.3. The van der Waals surface area contributed by atoms with Crippen LogP contribution in [0.1, 0.15) is 37.7 Å². The molecule has 1 aromatic rings. The first-order valence-corrected chi connectivity index (χ1v) is 9.54. The number of hydrogen-bond donors (Lipinski definition) is 2. The third-order valence-corrected chi connectivity index (χ3v) is 5.39. The number of hydrogen-bond acceptors (Lipinski definition) is 2. The number of guanidine groups is 1. The molecule has 2 fully saturated rings. The molecule has 1 heterocycles. The summed E-state index contributed by atoms with van der Waals surface area (Å²) < 4.78 is 0. The van der Waals surface area contributed by atoms with Crippen LogP contribution in [0.25, 0.3) is 0 Å². The maximum Gasteiger partial charge on any atom is 0.225 e. The zero-order chi connectivity index (χ0) is 17.6. The highest BCUT2D eigenvalue weighted by Crippen LogP contribution is 2.27. The third kappa shape index (κ3) is 5.74. The van der Waals surface area contributed by atoms with Crippen molar-refractivity contribution >= 4 is 47.4 Å². The molecule has 0 spiro atoms. The molecule has 5 nitrogen and oxygen atoms in total. The Balaban J connectivity index is 0.00000243. The zero-order valence-electron chi connectivity index (χ0n) is 15.2. The van der Waals surface area contributed by atoms with Crippen molar-refractivity contribution in [3.8, 4) is 0 Å². The maximum atomic E-state index is 12.5. The fraction of sp³-hybridized carbons (Fsp3) is 0.579. The lowest BCUT2D eigenvalue weighted by Crippen LogP contribution is -2.45. The van der Waals surface area contributed by atoms with Gasteiger partial charge in [-0.2, -0.15) is 0 Å². The minimum Gasteiger partial charge on any atom is -0.352 e. The monoisotopic (exact) mass is 490 g/mol. The first-order chi connectivity index (χ1) is 12.2. The van der Waals surface area contributed by atoms with Gasteiger partial charge in [-0.25, -0.2) is 0 Å². The lowest BCUT2D eigenvalue weighted by atomic mass is 10.1. The summed E-state index contributed by atoms with van der Waals surface area (Å²) in [6, 6.07) is 8.04. The molecule has 2 N–H and O–H groups in total. The van der Waals surface area contributed by atoms with E-state index in [0.717, 1.165) is 48.9 Å². The Morgan fingerprint density at radius 3 is 2.58 bits per heavy atom. The summed E-state index contributed by atoms with van der Waals surface area (Å²) in [5, 5.41) is 7.51. The van der Waals surface area contributed by atoms with E-state index in [2.05, 4.69) is 15.6 Å². The van der Waals surface area contributed by atoms with Crippen LogP contribution in [-0.4, -0.2) is 42.9 Å². The first-order valence-electron chi connectivity index (χ1n) is 9.16. The van der Waals surface area contributed by atoms with Gasteiger partial charge in [-0.1, -0.05) is 36.6 Å². The fourth-order valence-electron chi connectivity index (χ4n) is 3.69. The topological polar surface area (TPSA) is 56.7 Å². The molecule has 1 aliphatic carbocycles. The summed E-state index contributed by atoms with van der Waals surface area (Å²) in [6.45, 7) is 2.31. The molecule has 1 saturated heterocycles. The van der Waals surface area contributed by atoms with Gasteiger partial charge < -0.3 is 15.5 Å². The number of carbonyl (C=O) groups is 1. The van der Waals surface area contributed by atoms with E-state index in [1.807, 2.05) is 29.2 Å². The van der Waals surface area contributed by atoms with Crippen LogP contribution in [0.4, 0.5) is 0 Å². The molecular weight excluding hydrogens is 463 g/mol. The molecule has 1 amide bonds. The quantitative estimate of drug-likeness (QED) is 0.386. The zero-order valence-corrected chi connectivity index (χ0v) is 18.3. The summed E-state index contributed by atoms with van der Waals surface area (Å²) >= 11 is 5.91. The number of benzene rings is 1. The number of halogens is 2. The highest BCUT2D eigenvalue weighted by atomic mass is 127. The second-order valence-corrected chi connectivity index (χ2v) is 7.38. The van der Waals surface area contributed by atoms with E-state index < -0.39 is 0 Å². The van der Waals surface area contributed by atoms with Gasteiger partial charge in [0.1, 0.15) is 0 Å². The minimum absolute atomic E-state index is 0. The number of carbonyl (C=O) groups excluding carboxylic acids is 1. The van der Waals surface area contributed by atoms with Crippen molar-refractivity contribution in [1.29, 1.82) is 0 Å². The van der Waals surface area contributed by atoms with Crippen molar-refractivity contribution < 1.29 is 4.79 Å². The number of nitrogens with zero attached hydrogens (tertiary/aromatic N) is 2. The Labute approximate surface area is 178 Å². The van der Waals surface area contributed by atoms with E-state index in [9.17, 15) is 4.79 Å². The Bertz CT molecular complexity index is 616. The molecule has 144 valence electrons. The maximum absolute atomic E-state index is 12.5. The Kier molecular flexibility index (Phi) is 8.47. The number of nitrogens with one attached hydrogen (secondary N) is 2. The van der Waals surface area contributed by atoms with Crippen molar-refractivity contribution in [2.24, 2.45) is 10.9 Å². The lowest BCUT2D eigenvalue weighted by molar-refractivity contribution is -0.134. The highest BCUT2D eigenvalue weighted by molar-refractivity contribution is 14.0. The Hall–Kier alpha value is -1.02. The van der Waals surface area contributed by atoms with Crippen molar-refractivity contribution in [2.75, 3.05) is 20.1 Å². The highest BCUT2D eigenvalue weighted by Gasteiger charge is 2.32. The molecule has 26 heavy (non-hydrogen) atoms. The van der Waals surface area contributed by atoms with Gasteiger partial charge in [-0.15, -0.1) is 24.0 Å². The standard InChI is InChI=1S/C19H27ClN4O.HI/c1-21-19(22-12-14-6-8-16(20)9-7-14)23-17-10-11-24(13-17)18(25)15-4-2-3-5-15;/h6-9,15,17H,2-5,10-13H2,1H3,(H2,21,22,23);1H. The SMILES string of the molecule is CN=C(NCc1ccc(Cl)cc1)NC1CCN(C(=O)C2CCCC2)C1.I. The van der Waals surface area contributed by atoms with Gasteiger partial charge in [0, 0.05) is 43.7 Å². The third-order valence-electron chi connectivity index (χ3n) is 5.14. The number of rotatable bonds is 4. The molecule has 3 rings (SSSR count). The van der Waals surface area contributed by atoms with Crippen molar-refractivity contribution in [1.82, 2.24) is 15.5 Å². The molecule has 1 aromatic carbocycles. The van der Waals surface area contributed by atoms with E-state index in [-0.39, 0.29) is 35.9 Å². The van der Waals surface area contributed by atoms with E-state index >= 15 is 0 Å². The number of likely N-dealkylation sites (tertiary alicyclic amines) is 1. The van der Waals surface area contributed by atoms with Gasteiger partial charge in [-0.3, -0.25) is 9.79 Å². The smallest absolute Gasteiger partial charge is 0.225 e. The van der Waals surface area contributed by atoms with Crippen molar-refractivity contribution in [3.05, 3.63) is 34.9 Å². The van der Waals surface area contributed by atoms with E-state index in [1.165, 1.54) is 12.8 Å². The molecule has 1 saturated carbocycles. The van der Waals surface area contributed by atoms with Gasteiger partial charge >= 0.3 is 0 Å². The molecule has 0 radical (unpaired) electrons. The van der Waals surface area contributed by atoms with Crippen LogP contribution >= 0.6 is 35.6 Å². The molecule has 0 bridgehead atoms. The summed E-state index contributed by atoms with van der Waals surface area (Å²) in [6.07, 6.45) is 5.51. The van der Waals surface area contributed by atoms with Crippen LogP contribution in [0.5, 0.6) is 0 Å². The first kappa shape index (κ1) is 21.3. The molecule has 1 atom stereocenters. The van der Waals surface area contributed by atoms with E-state index in [1.54, 1.807) is 7.05 Å². The van der Waals surface area contributed by atoms with Gasteiger partial charge in [0.2, 0.25) is 5.91 Å². The molecule has 1 unspecified atom stereocenters. The predicted molar refractivity (Wildman–Crippen MR) is 117 cm³/mol. The molecular formula is C19H28ClIN4O. The fourth-order valence-corrected chi connectivity index (χ4v) is 3.81. The molecule has 7 heteroatoms. The van der Waals surface area contributed by atoms with Crippen LogP contribution in [0, 0.1) is 5.92 Å². The molecule has 2 aliphatic rings. The van der Waals surface area contributed by atoms with Gasteiger partial charge in [0.25, 0.3) is 0 Å². The molecule has 1 aliphatic heterocycles. The largest absolute Gasteiger partial charge is 0.352 e. The van der Waals surface area contributed by atoms with Gasteiger partial charge in [-0.05, 0) is 37.0 Å². The minimum atomic E-state index is 0. The van der Waals surface area contributed by atoms with Crippen LogP contribution in [0.2, 0.25) is 5.02 Å². The Morgan fingerprint density at radius 2 is 1.92 bits per heavy atom. The summed E-state index contributed by atoms with van der Waals surface area (Å²) in [5.74, 6) is 1.39. The lowest BCUT2D eigenvalue weighted by Gasteiger charge is -2.21. The second-order valence-electron chi connectivity index (χ2n) is 6.95.